The highest BCUT2D eigenvalue weighted by molar-refractivity contribution is 9.10. The third kappa shape index (κ3) is 4.26. The fraction of sp³-hybridized carbons (Fsp3) is 0.583. The van der Waals surface area contributed by atoms with Gasteiger partial charge in [-0.3, -0.25) is 9.88 Å². The molecule has 0 atom stereocenters. The average molecular weight is 299 g/mol. The highest BCUT2D eigenvalue weighted by atomic mass is 79.9. The zero-order chi connectivity index (χ0) is 12.1. The minimum Gasteiger partial charge on any atom is -0.382 e. The van der Waals surface area contributed by atoms with E-state index in [1.165, 1.54) is 26.2 Å². The van der Waals surface area contributed by atoms with Crippen LogP contribution in [0.1, 0.15) is 0 Å². The molecule has 2 rings (SSSR count). The normalized spacial score (nSPS) is 18.2. The van der Waals surface area contributed by atoms with Crippen molar-refractivity contribution in [3.05, 3.63) is 22.9 Å². The Kier molecular flexibility index (Phi) is 4.76. The first kappa shape index (κ1) is 12.8. The van der Waals surface area contributed by atoms with Crippen molar-refractivity contribution in [2.24, 2.45) is 0 Å². The van der Waals surface area contributed by atoms with Crippen LogP contribution in [0, 0.1) is 0 Å². The molecule has 0 amide bonds. The summed E-state index contributed by atoms with van der Waals surface area (Å²) in [4.78, 5) is 9.01. The Morgan fingerprint density at radius 2 is 2.06 bits per heavy atom. The van der Waals surface area contributed by atoms with Crippen LogP contribution in [0.4, 0.5) is 5.69 Å². The maximum atomic E-state index is 4.13. The maximum Gasteiger partial charge on any atom is 0.0538 e. The first-order chi connectivity index (χ1) is 8.24. The summed E-state index contributed by atoms with van der Waals surface area (Å²) in [6.07, 6.45) is 3.65. The number of hydrogen-bond acceptors (Lipinski definition) is 4. The lowest BCUT2D eigenvalue weighted by Gasteiger charge is -2.32. The third-order valence-electron chi connectivity index (χ3n) is 3.06. The minimum absolute atomic E-state index is 0.974. The van der Waals surface area contributed by atoms with Crippen molar-refractivity contribution in [3.8, 4) is 0 Å². The SMILES string of the molecule is CN1CCN(CCNc2cncc(Br)c2)CC1. The zero-order valence-corrected chi connectivity index (χ0v) is 11.8. The molecule has 0 aliphatic carbocycles. The predicted molar refractivity (Wildman–Crippen MR) is 74.4 cm³/mol. The Morgan fingerprint density at radius 3 is 2.76 bits per heavy atom. The van der Waals surface area contributed by atoms with Gasteiger partial charge >= 0.3 is 0 Å². The van der Waals surface area contributed by atoms with Crippen molar-refractivity contribution in [3.63, 3.8) is 0 Å². The summed E-state index contributed by atoms with van der Waals surface area (Å²) in [7, 11) is 2.18. The number of hydrogen-bond donors (Lipinski definition) is 1. The van der Waals surface area contributed by atoms with E-state index in [4.69, 9.17) is 0 Å². The summed E-state index contributed by atoms with van der Waals surface area (Å²) in [6, 6.07) is 2.05. The van der Waals surface area contributed by atoms with Gasteiger partial charge in [-0.15, -0.1) is 0 Å². The molecular formula is C12H19BrN4. The van der Waals surface area contributed by atoms with Crippen molar-refractivity contribution in [2.45, 2.75) is 0 Å². The van der Waals surface area contributed by atoms with Gasteiger partial charge in [-0.25, -0.2) is 0 Å². The molecule has 0 spiro atoms. The highest BCUT2D eigenvalue weighted by Gasteiger charge is 2.12. The summed E-state index contributed by atoms with van der Waals surface area (Å²) >= 11 is 3.42. The molecule has 1 aliphatic rings. The highest BCUT2D eigenvalue weighted by Crippen LogP contribution is 2.13. The molecule has 2 heterocycles. The number of likely N-dealkylation sites (N-methyl/N-ethyl adjacent to an activating group) is 1. The Labute approximate surface area is 111 Å². The molecule has 94 valence electrons. The average Bonchev–Trinajstić information content (AvgIpc) is 2.32. The van der Waals surface area contributed by atoms with Crippen LogP contribution in [0.5, 0.6) is 0 Å². The lowest BCUT2D eigenvalue weighted by molar-refractivity contribution is 0.158. The van der Waals surface area contributed by atoms with Gasteiger partial charge in [0.15, 0.2) is 0 Å². The van der Waals surface area contributed by atoms with E-state index in [-0.39, 0.29) is 0 Å². The smallest absolute Gasteiger partial charge is 0.0538 e. The quantitative estimate of drug-likeness (QED) is 0.913. The van der Waals surface area contributed by atoms with E-state index >= 15 is 0 Å². The van der Waals surface area contributed by atoms with Gasteiger partial charge in [0.25, 0.3) is 0 Å². The lowest BCUT2D eigenvalue weighted by Crippen LogP contribution is -2.45. The van der Waals surface area contributed by atoms with Gasteiger partial charge in [-0.1, -0.05) is 0 Å². The van der Waals surface area contributed by atoms with Crippen LogP contribution in [0.15, 0.2) is 22.9 Å². The molecule has 0 saturated carbocycles. The summed E-state index contributed by atoms with van der Waals surface area (Å²) in [5.74, 6) is 0. The van der Waals surface area contributed by atoms with Crippen molar-refractivity contribution in [1.29, 1.82) is 0 Å². The van der Waals surface area contributed by atoms with Gasteiger partial charge in [0.1, 0.15) is 0 Å². The van der Waals surface area contributed by atoms with E-state index in [1.807, 2.05) is 6.20 Å². The van der Waals surface area contributed by atoms with E-state index in [1.54, 1.807) is 6.20 Å². The predicted octanol–water partition coefficient (Wildman–Crippen LogP) is 1.50. The molecule has 1 fully saturated rings. The molecule has 1 saturated heterocycles. The van der Waals surface area contributed by atoms with Crippen molar-refractivity contribution in [2.75, 3.05) is 51.6 Å². The second kappa shape index (κ2) is 6.33. The van der Waals surface area contributed by atoms with Crippen LogP contribution < -0.4 is 5.32 Å². The monoisotopic (exact) mass is 298 g/mol. The molecule has 0 unspecified atom stereocenters. The number of anilines is 1. The van der Waals surface area contributed by atoms with Gasteiger partial charge in [-0.05, 0) is 29.0 Å². The first-order valence-corrected chi connectivity index (χ1v) is 6.78. The first-order valence-electron chi connectivity index (χ1n) is 5.99. The third-order valence-corrected chi connectivity index (χ3v) is 3.49. The Bertz CT molecular complexity index is 350. The number of piperazine rings is 1. The molecule has 1 aliphatic heterocycles. The number of halogens is 1. The van der Waals surface area contributed by atoms with Crippen LogP contribution in [-0.2, 0) is 0 Å². The number of nitrogens with zero attached hydrogens (tertiary/aromatic N) is 3. The Balaban J connectivity index is 1.69. The molecular weight excluding hydrogens is 280 g/mol. The second-order valence-corrected chi connectivity index (χ2v) is 5.38. The summed E-state index contributed by atoms with van der Waals surface area (Å²) < 4.78 is 1.02. The van der Waals surface area contributed by atoms with E-state index in [2.05, 4.69) is 49.1 Å². The summed E-state index contributed by atoms with van der Waals surface area (Å²) in [6.45, 7) is 6.78. The summed E-state index contributed by atoms with van der Waals surface area (Å²) in [5, 5.41) is 3.40. The molecule has 0 radical (unpaired) electrons. The fourth-order valence-electron chi connectivity index (χ4n) is 1.94. The van der Waals surface area contributed by atoms with Crippen LogP contribution in [0.25, 0.3) is 0 Å². The lowest BCUT2D eigenvalue weighted by atomic mass is 10.3. The van der Waals surface area contributed by atoms with Gasteiger partial charge in [0.05, 0.1) is 11.9 Å². The molecule has 1 aromatic rings. The number of aromatic nitrogens is 1. The second-order valence-electron chi connectivity index (χ2n) is 4.46. The van der Waals surface area contributed by atoms with Crippen LogP contribution in [-0.4, -0.2) is 61.1 Å². The number of pyridine rings is 1. The van der Waals surface area contributed by atoms with E-state index in [0.717, 1.165) is 23.2 Å². The summed E-state index contributed by atoms with van der Waals surface area (Å²) in [5.41, 5.74) is 1.08. The van der Waals surface area contributed by atoms with Crippen molar-refractivity contribution < 1.29 is 0 Å². The zero-order valence-electron chi connectivity index (χ0n) is 10.2. The molecule has 5 heteroatoms. The van der Waals surface area contributed by atoms with Gasteiger partial charge in [-0.2, -0.15) is 0 Å². The maximum absolute atomic E-state index is 4.13. The topological polar surface area (TPSA) is 31.4 Å². The Morgan fingerprint density at radius 1 is 1.29 bits per heavy atom. The van der Waals surface area contributed by atoms with Gasteiger partial charge in [0.2, 0.25) is 0 Å². The Hall–Kier alpha value is -0.650. The minimum atomic E-state index is 0.974. The van der Waals surface area contributed by atoms with E-state index < -0.39 is 0 Å². The fourth-order valence-corrected chi connectivity index (χ4v) is 2.30. The van der Waals surface area contributed by atoms with Crippen LogP contribution in [0.2, 0.25) is 0 Å². The molecule has 17 heavy (non-hydrogen) atoms. The number of rotatable bonds is 4. The van der Waals surface area contributed by atoms with E-state index in [9.17, 15) is 0 Å². The largest absolute Gasteiger partial charge is 0.382 e. The van der Waals surface area contributed by atoms with Gasteiger partial charge in [0, 0.05) is 49.9 Å². The van der Waals surface area contributed by atoms with Crippen molar-refractivity contribution in [1.82, 2.24) is 14.8 Å². The van der Waals surface area contributed by atoms with Crippen LogP contribution in [0.3, 0.4) is 0 Å². The molecule has 1 N–H and O–H groups in total. The van der Waals surface area contributed by atoms with Gasteiger partial charge < -0.3 is 10.2 Å². The van der Waals surface area contributed by atoms with Crippen molar-refractivity contribution >= 4 is 21.6 Å². The molecule has 4 nitrogen and oxygen atoms in total. The number of nitrogens with one attached hydrogen (secondary N) is 1. The van der Waals surface area contributed by atoms with E-state index in [0.29, 0.717) is 0 Å². The standard InChI is InChI=1S/C12H19BrN4/c1-16-4-6-17(7-5-16)3-2-15-12-8-11(13)9-14-10-12/h8-10,15H,2-7H2,1H3. The van der Waals surface area contributed by atoms with Crippen LogP contribution >= 0.6 is 15.9 Å². The molecule has 1 aromatic heterocycles. The molecule has 0 bridgehead atoms. The molecule has 0 aromatic carbocycles.